The van der Waals surface area contributed by atoms with E-state index in [-0.39, 0.29) is 27.3 Å². The fraction of sp³-hybridized carbons (Fsp3) is 0.273. The molecule has 190 valence electrons. The standard InChI is InChI=1S/C22H22ClN5O5S3/c1-33-18-9-6-15(23)12-17(18)24-19(29)13-34-22-27-26-21(35-22)25-20(30)14-4-7-16(8-5-14)36(31,32)28-10-2-3-11-28/h4-9,12H,2-3,10-11,13H2,1H3,(H,24,29)(H,25,26,30). The lowest BCUT2D eigenvalue weighted by molar-refractivity contribution is -0.113. The highest BCUT2D eigenvalue weighted by atomic mass is 35.5. The van der Waals surface area contributed by atoms with E-state index in [1.807, 2.05) is 0 Å². The molecule has 1 aliphatic heterocycles. The first kappa shape index (κ1) is 26.4. The normalized spacial score (nSPS) is 13.9. The van der Waals surface area contributed by atoms with Crippen molar-refractivity contribution in [3.63, 3.8) is 0 Å². The molecule has 0 unspecified atom stereocenters. The summed E-state index contributed by atoms with van der Waals surface area (Å²) in [5.41, 5.74) is 0.745. The molecular weight excluding hydrogens is 546 g/mol. The van der Waals surface area contributed by atoms with E-state index in [1.54, 1.807) is 18.2 Å². The number of nitrogens with one attached hydrogen (secondary N) is 2. The molecule has 36 heavy (non-hydrogen) atoms. The quantitative estimate of drug-likeness (QED) is 0.293. The molecule has 1 aromatic heterocycles. The summed E-state index contributed by atoms with van der Waals surface area (Å²) in [6.07, 6.45) is 1.70. The summed E-state index contributed by atoms with van der Waals surface area (Å²) in [5, 5.41) is 14.0. The number of rotatable bonds is 9. The number of carbonyl (C=O) groups excluding carboxylic acids is 2. The van der Waals surface area contributed by atoms with E-state index in [2.05, 4.69) is 20.8 Å². The lowest BCUT2D eigenvalue weighted by Gasteiger charge is -2.15. The van der Waals surface area contributed by atoms with Gasteiger partial charge in [-0.2, -0.15) is 4.31 Å². The molecule has 2 N–H and O–H groups in total. The third kappa shape index (κ3) is 6.34. The van der Waals surface area contributed by atoms with Crippen molar-refractivity contribution in [3.05, 3.63) is 53.1 Å². The van der Waals surface area contributed by atoms with E-state index < -0.39 is 15.9 Å². The second-order valence-corrected chi connectivity index (χ2v) is 12.2. The maximum absolute atomic E-state index is 12.6. The predicted octanol–water partition coefficient (Wildman–Crippen LogP) is 3.97. The number of benzene rings is 2. The molecule has 14 heteroatoms. The number of amides is 2. The number of methoxy groups -OCH3 is 1. The van der Waals surface area contributed by atoms with Gasteiger partial charge in [0.25, 0.3) is 5.91 Å². The number of anilines is 2. The van der Waals surface area contributed by atoms with Gasteiger partial charge in [0.1, 0.15) is 5.75 Å². The van der Waals surface area contributed by atoms with Crippen LogP contribution in [0, 0.1) is 0 Å². The predicted molar refractivity (Wildman–Crippen MR) is 140 cm³/mol. The number of carbonyl (C=O) groups is 2. The van der Waals surface area contributed by atoms with Gasteiger partial charge in [-0.05, 0) is 55.3 Å². The summed E-state index contributed by atoms with van der Waals surface area (Å²) >= 11 is 8.26. The summed E-state index contributed by atoms with van der Waals surface area (Å²) in [6, 6.07) is 10.7. The average Bonchev–Trinajstić information content (AvgIpc) is 3.56. The van der Waals surface area contributed by atoms with Crippen LogP contribution in [-0.2, 0) is 14.8 Å². The summed E-state index contributed by atoms with van der Waals surface area (Å²) in [4.78, 5) is 25.1. The Morgan fingerprint density at radius 1 is 1.11 bits per heavy atom. The minimum Gasteiger partial charge on any atom is -0.495 e. The van der Waals surface area contributed by atoms with Crippen LogP contribution in [0.3, 0.4) is 0 Å². The van der Waals surface area contributed by atoms with E-state index in [9.17, 15) is 18.0 Å². The molecule has 3 aromatic rings. The van der Waals surface area contributed by atoms with Crippen LogP contribution < -0.4 is 15.4 Å². The van der Waals surface area contributed by atoms with Gasteiger partial charge in [0.15, 0.2) is 4.34 Å². The number of hydrogen-bond acceptors (Lipinski definition) is 9. The fourth-order valence-corrected chi connectivity index (χ4v) is 6.67. The Bertz CT molecular complexity index is 1360. The summed E-state index contributed by atoms with van der Waals surface area (Å²) in [7, 11) is -2.05. The molecule has 0 radical (unpaired) electrons. The van der Waals surface area contributed by atoms with Crippen LogP contribution in [0.2, 0.25) is 5.02 Å². The van der Waals surface area contributed by atoms with E-state index in [0.29, 0.717) is 33.9 Å². The van der Waals surface area contributed by atoms with E-state index in [0.717, 1.165) is 35.9 Å². The first-order chi connectivity index (χ1) is 17.3. The van der Waals surface area contributed by atoms with Crippen LogP contribution in [0.5, 0.6) is 5.75 Å². The summed E-state index contributed by atoms with van der Waals surface area (Å²) in [5.74, 6) is -0.185. The van der Waals surface area contributed by atoms with Crippen molar-refractivity contribution in [2.75, 3.05) is 36.6 Å². The van der Waals surface area contributed by atoms with Gasteiger partial charge in [-0.3, -0.25) is 14.9 Å². The van der Waals surface area contributed by atoms with Crippen LogP contribution in [-0.4, -0.2) is 60.7 Å². The molecular formula is C22H22ClN5O5S3. The van der Waals surface area contributed by atoms with Gasteiger partial charge < -0.3 is 10.1 Å². The van der Waals surface area contributed by atoms with Crippen molar-refractivity contribution < 1.29 is 22.7 Å². The molecule has 10 nitrogen and oxygen atoms in total. The van der Waals surface area contributed by atoms with Gasteiger partial charge in [0, 0.05) is 23.7 Å². The minimum absolute atomic E-state index is 0.0607. The lowest BCUT2D eigenvalue weighted by atomic mass is 10.2. The molecule has 1 fully saturated rings. The molecule has 1 saturated heterocycles. The van der Waals surface area contributed by atoms with Crippen molar-refractivity contribution in [1.29, 1.82) is 0 Å². The maximum Gasteiger partial charge on any atom is 0.257 e. The number of halogens is 1. The largest absolute Gasteiger partial charge is 0.495 e. The Balaban J connectivity index is 1.31. The average molecular weight is 568 g/mol. The van der Waals surface area contributed by atoms with Crippen LogP contribution in [0.15, 0.2) is 51.7 Å². The van der Waals surface area contributed by atoms with Crippen LogP contribution in [0.25, 0.3) is 0 Å². The highest BCUT2D eigenvalue weighted by Crippen LogP contribution is 2.29. The minimum atomic E-state index is -3.54. The fourth-order valence-electron chi connectivity index (χ4n) is 3.44. The third-order valence-corrected chi connectivity index (χ3v) is 9.33. The Kier molecular flexibility index (Phi) is 8.46. The number of thioether (sulfide) groups is 1. The van der Waals surface area contributed by atoms with Gasteiger partial charge in [-0.15, -0.1) is 10.2 Å². The lowest BCUT2D eigenvalue weighted by Crippen LogP contribution is -2.27. The number of hydrogen-bond donors (Lipinski definition) is 2. The topological polar surface area (TPSA) is 131 Å². The number of nitrogens with zero attached hydrogens (tertiary/aromatic N) is 3. The monoisotopic (exact) mass is 567 g/mol. The number of sulfonamides is 1. The summed E-state index contributed by atoms with van der Waals surface area (Å²) < 4.78 is 32.4. The number of ether oxygens (including phenoxy) is 1. The second kappa shape index (κ2) is 11.6. The highest BCUT2D eigenvalue weighted by Gasteiger charge is 2.27. The van der Waals surface area contributed by atoms with Gasteiger partial charge >= 0.3 is 0 Å². The Hall–Kier alpha value is -2.71. The van der Waals surface area contributed by atoms with Crippen LogP contribution in [0.1, 0.15) is 23.2 Å². The highest BCUT2D eigenvalue weighted by molar-refractivity contribution is 8.01. The summed E-state index contributed by atoms with van der Waals surface area (Å²) in [6.45, 7) is 1.02. The van der Waals surface area contributed by atoms with Crippen molar-refractivity contribution >= 4 is 67.4 Å². The first-order valence-corrected chi connectivity index (χ1v) is 14.4. The van der Waals surface area contributed by atoms with E-state index in [4.69, 9.17) is 16.3 Å². The van der Waals surface area contributed by atoms with Gasteiger partial charge in [-0.25, -0.2) is 8.42 Å². The Morgan fingerprint density at radius 2 is 1.83 bits per heavy atom. The van der Waals surface area contributed by atoms with E-state index in [1.165, 1.54) is 35.7 Å². The second-order valence-electron chi connectivity index (χ2n) is 7.64. The zero-order valence-corrected chi connectivity index (χ0v) is 22.3. The van der Waals surface area contributed by atoms with Gasteiger partial charge in [-0.1, -0.05) is 34.7 Å². The van der Waals surface area contributed by atoms with Crippen molar-refractivity contribution in [2.24, 2.45) is 0 Å². The molecule has 0 bridgehead atoms. The zero-order valence-electron chi connectivity index (χ0n) is 19.1. The smallest absolute Gasteiger partial charge is 0.257 e. The van der Waals surface area contributed by atoms with Gasteiger partial charge in [0.2, 0.25) is 21.1 Å². The Labute approximate surface area is 221 Å². The molecule has 1 aliphatic rings. The molecule has 0 atom stereocenters. The zero-order chi connectivity index (χ0) is 25.7. The van der Waals surface area contributed by atoms with E-state index >= 15 is 0 Å². The van der Waals surface area contributed by atoms with Gasteiger partial charge in [0.05, 0.1) is 23.4 Å². The number of aromatic nitrogens is 2. The SMILES string of the molecule is COc1ccc(Cl)cc1NC(=O)CSc1nnc(NC(=O)c2ccc(S(=O)(=O)N3CCCC3)cc2)s1. The molecule has 4 rings (SSSR count). The first-order valence-electron chi connectivity index (χ1n) is 10.8. The molecule has 0 aliphatic carbocycles. The Morgan fingerprint density at radius 3 is 2.53 bits per heavy atom. The molecule has 2 aromatic carbocycles. The molecule has 2 amide bonds. The molecule has 0 saturated carbocycles. The van der Waals surface area contributed by atoms with Crippen LogP contribution in [0.4, 0.5) is 10.8 Å². The van der Waals surface area contributed by atoms with Crippen molar-refractivity contribution in [3.8, 4) is 5.75 Å². The maximum atomic E-state index is 12.6. The van der Waals surface area contributed by atoms with Crippen LogP contribution >= 0.6 is 34.7 Å². The third-order valence-electron chi connectivity index (χ3n) is 5.21. The molecule has 2 heterocycles. The van der Waals surface area contributed by atoms with Crippen molar-refractivity contribution in [1.82, 2.24) is 14.5 Å². The van der Waals surface area contributed by atoms with Crippen molar-refractivity contribution in [2.45, 2.75) is 22.1 Å². The molecule has 0 spiro atoms.